The normalized spacial score (nSPS) is 13.9. The average molecular weight is 244 g/mol. The molecule has 5 heteroatoms. The molecular formula is C12H24N2O3. The maximum absolute atomic E-state index is 11.6. The Kier molecular flexibility index (Phi) is 8.40. The summed E-state index contributed by atoms with van der Waals surface area (Å²) in [6.07, 6.45) is 1.78. The molecule has 0 aromatic carbocycles. The van der Waals surface area contributed by atoms with Gasteiger partial charge in [0.25, 0.3) is 0 Å². The van der Waals surface area contributed by atoms with Crippen LogP contribution in [0.25, 0.3) is 0 Å². The number of hydrogen-bond acceptors (Lipinski definition) is 4. The van der Waals surface area contributed by atoms with Crippen LogP contribution in [0.2, 0.25) is 0 Å². The van der Waals surface area contributed by atoms with E-state index in [1.165, 1.54) is 0 Å². The minimum Gasteiger partial charge on any atom is -0.466 e. The number of nitrogens with one attached hydrogen (secondary N) is 1. The topological polar surface area (TPSA) is 81.4 Å². The molecule has 100 valence electrons. The van der Waals surface area contributed by atoms with Gasteiger partial charge in [0.2, 0.25) is 5.91 Å². The number of esters is 1. The van der Waals surface area contributed by atoms with Crippen LogP contribution in [0.5, 0.6) is 0 Å². The van der Waals surface area contributed by atoms with Crippen molar-refractivity contribution in [1.29, 1.82) is 0 Å². The van der Waals surface area contributed by atoms with Gasteiger partial charge in [-0.25, -0.2) is 0 Å². The fourth-order valence-electron chi connectivity index (χ4n) is 1.31. The van der Waals surface area contributed by atoms with Crippen molar-refractivity contribution < 1.29 is 14.3 Å². The molecule has 0 saturated carbocycles. The van der Waals surface area contributed by atoms with Crippen LogP contribution in [-0.2, 0) is 14.3 Å². The molecule has 0 spiro atoms. The van der Waals surface area contributed by atoms with Crippen molar-refractivity contribution in [3.05, 3.63) is 0 Å². The second-order valence-electron chi connectivity index (χ2n) is 4.11. The van der Waals surface area contributed by atoms with Crippen molar-refractivity contribution in [1.82, 2.24) is 5.32 Å². The zero-order valence-electron chi connectivity index (χ0n) is 11.0. The van der Waals surface area contributed by atoms with Crippen LogP contribution in [-0.4, -0.2) is 31.1 Å². The Hall–Kier alpha value is -1.10. The smallest absolute Gasteiger partial charge is 0.305 e. The molecule has 0 fully saturated rings. The zero-order chi connectivity index (χ0) is 13.3. The van der Waals surface area contributed by atoms with Crippen LogP contribution < -0.4 is 11.1 Å². The lowest BCUT2D eigenvalue weighted by Gasteiger charge is -2.17. The average Bonchev–Trinajstić information content (AvgIpc) is 2.32. The Morgan fingerprint density at radius 2 is 2.00 bits per heavy atom. The summed E-state index contributed by atoms with van der Waals surface area (Å²) in [6, 6.07) is -0.470. The summed E-state index contributed by atoms with van der Waals surface area (Å²) in [4.78, 5) is 22.6. The quantitative estimate of drug-likeness (QED) is 0.489. The van der Waals surface area contributed by atoms with Crippen LogP contribution in [0.4, 0.5) is 0 Å². The standard InChI is InChI=1S/C12H24N2O3/c1-4-9(3)11(13)12(16)14-8-6-7-10(15)17-5-2/h9,11H,4-8,13H2,1-3H3,(H,14,16)/t9-,11-/m0/s1. The van der Waals surface area contributed by atoms with Crippen molar-refractivity contribution in [3.8, 4) is 0 Å². The van der Waals surface area contributed by atoms with Gasteiger partial charge in [0.15, 0.2) is 0 Å². The molecular weight excluding hydrogens is 220 g/mol. The molecule has 1 amide bonds. The third-order valence-corrected chi connectivity index (χ3v) is 2.72. The molecule has 0 bridgehead atoms. The molecule has 17 heavy (non-hydrogen) atoms. The van der Waals surface area contributed by atoms with Crippen LogP contribution in [0, 0.1) is 5.92 Å². The second kappa shape index (κ2) is 8.98. The third-order valence-electron chi connectivity index (χ3n) is 2.72. The van der Waals surface area contributed by atoms with E-state index in [0.717, 1.165) is 6.42 Å². The molecule has 0 aromatic heterocycles. The van der Waals surface area contributed by atoms with Crippen LogP contribution >= 0.6 is 0 Å². The summed E-state index contributed by atoms with van der Waals surface area (Å²) >= 11 is 0. The minimum atomic E-state index is -0.470. The number of nitrogens with two attached hydrogens (primary N) is 1. The van der Waals surface area contributed by atoms with Gasteiger partial charge >= 0.3 is 5.97 Å². The molecule has 0 rings (SSSR count). The second-order valence-corrected chi connectivity index (χ2v) is 4.11. The SMILES string of the molecule is CCOC(=O)CCCNC(=O)[C@@H](N)[C@@H](C)CC. The van der Waals surface area contributed by atoms with Gasteiger partial charge in [-0.3, -0.25) is 9.59 Å². The Labute approximate surface area is 103 Å². The molecule has 0 heterocycles. The molecule has 3 N–H and O–H groups in total. The molecule has 2 atom stereocenters. The highest BCUT2D eigenvalue weighted by atomic mass is 16.5. The number of ether oxygens (including phenoxy) is 1. The van der Waals surface area contributed by atoms with Crippen molar-refractivity contribution >= 4 is 11.9 Å². The predicted molar refractivity (Wildman–Crippen MR) is 66.3 cm³/mol. The zero-order valence-corrected chi connectivity index (χ0v) is 11.0. The molecule has 0 aliphatic carbocycles. The van der Waals surface area contributed by atoms with Crippen molar-refractivity contribution in [2.24, 2.45) is 11.7 Å². The molecule has 0 aliphatic rings. The Bertz CT molecular complexity index is 244. The highest BCUT2D eigenvalue weighted by Crippen LogP contribution is 2.04. The third kappa shape index (κ3) is 6.94. The first-order valence-corrected chi connectivity index (χ1v) is 6.21. The van der Waals surface area contributed by atoms with Crippen molar-refractivity contribution in [2.45, 2.75) is 46.1 Å². The summed E-state index contributed by atoms with van der Waals surface area (Å²) in [6.45, 7) is 6.57. The van der Waals surface area contributed by atoms with E-state index < -0.39 is 6.04 Å². The van der Waals surface area contributed by atoms with Gasteiger partial charge in [-0.1, -0.05) is 20.3 Å². The van der Waals surface area contributed by atoms with Crippen molar-refractivity contribution in [2.75, 3.05) is 13.2 Å². The Balaban J connectivity index is 3.68. The van der Waals surface area contributed by atoms with Crippen LogP contribution in [0.15, 0.2) is 0 Å². The van der Waals surface area contributed by atoms with Gasteiger partial charge < -0.3 is 15.8 Å². The maximum Gasteiger partial charge on any atom is 0.305 e. The van der Waals surface area contributed by atoms with E-state index in [1.807, 2.05) is 13.8 Å². The number of carbonyl (C=O) groups excluding carboxylic acids is 2. The van der Waals surface area contributed by atoms with E-state index in [0.29, 0.717) is 26.0 Å². The molecule has 0 saturated heterocycles. The lowest BCUT2D eigenvalue weighted by molar-refractivity contribution is -0.143. The summed E-state index contributed by atoms with van der Waals surface area (Å²) in [5.74, 6) is -0.212. The summed E-state index contributed by atoms with van der Waals surface area (Å²) in [5, 5.41) is 2.72. The van der Waals surface area contributed by atoms with E-state index in [-0.39, 0.29) is 17.8 Å². The number of carbonyl (C=O) groups is 2. The predicted octanol–water partition coefficient (Wildman–Crippen LogP) is 0.819. The summed E-state index contributed by atoms with van der Waals surface area (Å²) in [5.41, 5.74) is 5.76. The molecule has 0 unspecified atom stereocenters. The summed E-state index contributed by atoms with van der Waals surface area (Å²) in [7, 11) is 0. The fourth-order valence-corrected chi connectivity index (χ4v) is 1.31. The first-order chi connectivity index (χ1) is 8.02. The van der Waals surface area contributed by atoms with Gasteiger partial charge in [-0.15, -0.1) is 0 Å². The van der Waals surface area contributed by atoms with Gasteiger partial charge in [0, 0.05) is 13.0 Å². The lowest BCUT2D eigenvalue weighted by atomic mass is 9.99. The van der Waals surface area contributed by atoms with E-state index in [4.69, 9.17) is 10.5 Å². The first-order valence-electron chi connectivity index (χ1n) is 6.21. The maximum atomic E-state index is 11.6. The fraction of sp³-hybridized carbons (Fsp3) is 0.833. The van der Waals surface area contributed by atoms with Gasteiger partial charge in [0.1, 0.15) is 0 Å². The van der Waals surface area contributed by atoms with E-state index in [9.17, 15) is 9.59 Å². The first kappa shape index (κ1) is 15.9. The van der Waals surface area contributed by atoms with Gasteiger partial charge in [-0.05, 0) is 19.3 Å². The van der Waals surface area contributed by atoms with Gasteiger partial charge in [0.05, 0.1) is 12.6 Å². The van der Waals surface area contributed by atoms with E-state index >= 15 is 0 Å². The minimum absolute atomic E-state index is 0.150. The number of hydrogen-bond donors (Lipinski definition) is 2. The monoisotopic (exact) mass is 244 g/mol. The van der Waals surface area contributed by atoms with Crippen LogP contribution in [0.1, 0.15) is 40.0 Å². The Morgan fingerprint density at radius 3 is 2.53 bits per heavy atom. The van der Waals surface area contributed by atoms with E-state index in [1.54, 1.807) is 6.92 Å². The highest BCUT2D eigenvalue weighted by molar-refractivity contribution is 5.81. The summed E-state index contributed by atoms with van der Waals surface area (Å²) < 4.78 is 4.78. The molecule has 0 aliphatic heterocycles. The van der Waals surface area contributed by atoms with Gasteiger partial charge in [-0.2, -0.15) is 0 Å². The largest absolute Gasteiger partial charge is 0.466 e. The highest BCUT2D eigenvalue weighted by Gasteiger charge is 2.18. The molecule has 0 aromatic rings. The molecule has 5 nitrogen and oxygen atoms in total. The Morgan fingerprint density at radius 1 is 1.35 bits per heavy atom. The lowest BCUT2D eigenvalue weighted by Crippen LogP contribution is -2.44. The van der Waals surface area contributed by atoms with E-state index in [2.05, 4.69) is 5.32 Å². The van der Waals surface area contributed by atoms with Crippen molar-refractivity contribution in [3.63, 3.8) is 0 Å². The molecule has 0 radical (unpaired) electrons. The number of rotatable bonds is 8. The number of amides is 1. The van der Waals surface area contributed by atoms with Crippen LogP contribution in [0.3, 0.4) is 0 Å².